The first-order valence-corrected chi connectivity index (χ1v) is 9.84. The molecule has 0 amide bonds. The zero-order valence-corrected chi connectivity index (χ0v) is 16.4. The van der Waals surface area contributed by atoms with Gasteiger partial charge in [0.2, 0.25) is 0 Å². The van der Waals surface area contributed by atoms with Crippen LogP contribution in [0.15, 0.2) is 30.3 Å². The average Bonchev–Trinajstić information content (AvgIpc) is 3.05. The van der Waals surface area contributed by atoms with Crippen LogP contribution in [0.2, 0.25) is 0 Å². The summed E-state index contributed by atoms with van der Waals surface area (Å²) in [5.41, 5.74) is 1.61. The topological polar surface area (TPSA) is 63.6 Å². The van der Waals surface area contributed by atoms with Crippen molar-refractivity contribution in [3.8, 4) is 16.2 Å². The molecule has 0 aliphatic carbocycles. The van der Waals surface area contributed by atoms with E-state index in [9.17, 15) is 14.7 Å². The molecule has 0 spiro atoms. The first kappa shape index (κ1) is 20.2. The van der Waals surface area contributed by atoms with Gasteiger partial charge in [-0.3, -0.25) is 9.59 Å². The number of carboxylic acids is 1. The van der Waals surface area contributed by atoms with Crippen LogP contribution in [0.4, 0.5) is 0 Å². The van der Waals surface area contributed by atoms with Crippen molar-refractivity contribution < 1.29 is 19.4 Å². The number of hydrogen-bond donors (Lipinski definition) is 1. The van der Waals surface area contributed by atoms with Gasteiger partial charge in [0.05, 0.1) is 18.4 Å². The predicted molar refractivity (Wildman–Crippen MR) is 105 cm³/mol. The lowest BCUT2D eigenvalue weighted by molar-refractivity contribution is -0.136. The number of hydrogen-bond acceptors (Lipinski definition) is 4. The van der Waals surface area contributed by atoms with Gasteiger partial charge in [-0.2, -0.15) is 0 Å². The van der Waals surface area contributed by atoms with Crippen LogP contribution < -0.4 is 4.74 Å². The quantitative estimate of drug-likeness (QED) is 0.562. The molecule has 5 heteroatoms. The normalized spacial score (nSPS) is 12.0. The molecule has 1 heterocycles. The molecule has 0 aliphatic rings. The summed E-state index contributed by atoms with van der Waals surface area (Å²) in [4.78, 5) is 25.7. The SMILES string of the molecule is CCCCC(CC)C(=O)c1cc(CC(=O)O)c(-c2ccc(OC)cc2)s1. The smallest absolute Gasteiger partial charge is 0.307 e. The number of benzene rings is 1. The van der Waals surface area contributed by atoms with Crippen LogP contribution in [-0.4, -0.2) is 24.0 Å². The maximum atomic E-state index is 12.9. The number of thiophene rings is 1. The third kappa shape index (κ3) is 4.94. The highest BCUT2D eigenvalue weighted by atomic mass is 32.1. The standard InChI is InChI=1S/C21H26O4S/c1-4-6-7-14(5-2)20(24)18-12-16(13-19(22)23)21(26-18)15-8-10-17(25-3)11-9-15/h8-12,14H,4-7,13H2,1-3H3,(H,22,23). The summed E-state index contributed by atoms with van der Waals surface area (Å²) < 4.78 is 5.18. The molecule has 140 valence electrons. The fourth-order valence-corrected chi connectivity index (χ4v) is 4.21. The minimum atomic E-state index is -0.894. The molecule has 0 saturated heterocycles. The number of unbranched alkanes of at least 4 members (excludes halogenated alkanes) is 1. The second-order valence-electron chi connectivity index (χ2n) is 6.38. The number of carbonyl (C=O) groups excluding carboxylic acids is 1. The van der Waals surface area contributed by atoms with Gasteiger partial charge in [0.15, 0.2) is 5.78 Å². The van der Waals surface area contributed by atoms with Gasteiger partial charge in [0, 0.05) is 10.8 Å². The van der Waals surface area contributed by atoms with Crippen LogP contribution in [0.25, 0.3) is 10.4 Å². The summed E-state index contributed by atoms with van der Waals surface area (Å²) in [6, 6.07) is 9.26. The molecule has 1 unspecified atom stereocenters. The van der Waals surface area contributed by atoms with Crippen LogP contribution in [0.5, 0.6) is 5.75 Å². The number of aliphatic carboxylic acids is 1. The molecule has 1 aromatic carbocycles. The number of carbonyl (C=O) groups is 2. The molecule has 2 rings (SSSR count). The Hall–Kier alpha value is -2.14. The van der Waals surface area contributed by atoms with Crippen LogP contribution >= 0.6 is 11.3 Å². The van der Waals surface area contributed by atoms with Crippen molar-refractivity contribution in [2.24, 2.45) is 5.92 Å². The van der Waals surface area contributed by atoms with Crippen molar-refractivity contribution in [3.05, 3.63) is 40.8 Å². The first-order chi connectivity index (χ1) is 12.5. The van der Waals surface area contributed by atoms with Gasteiger partial charge in [0.1, 0.15) is 5.75 Å². The molecule has 2 aromatic rings. The lowest BCUT2D eigenvalue weighted by Gasteiger charge is -2.11. The van der Waals surface area contributed by atoms with E-state index in [0.29, 0.717) is 10.4 Å². The minimum absolute atomic E-state index is 0.00926. The monoisotopic (exact) mass is 374 g/mol. The van der Waals surface area contributed by atoms with Gasteiger partial charge < -0.3 is 9.84 Å². The average molecular weight is 375 g/mol. The molecule has 0 fully saturated rings. The Morgan fingerprint density at radius 2 is 1.88 bits per heavy atom. The van der Waals surface area contributed by atoms with E-state index < -0.39 is 5.97 Å². The third-order valence-corrected chi connectivity index (χ3v) is 5.76. The summed E-state index contributed by atoms with van der Waals surface area (Å²) in [6.45, 7) is 4.16. The number of ketones is 1. The third-order valence-electron chi connectivity index (χ3n) is 4.52. The molecular formula is C21H26O4S. The Kier molecular flexibility index (Phi) is 7.39. The number of rotatable bonds is 10. The van der Waals surface area contributed by atoms with E-state index >= 15 is 0 Å². The fourth-order valence-electron chi connectivity index (χ4n) is 3.00. The number of ether oxygens (including phenoxy) is 1. The van der Waals surface area contributed by atoms with Crippen molar-refractivity contribution in [1.82, 2.24) is 0 Å². The molecule has 1 atom stereocenters. The molecule has 4 nitrogen and oxygen atoms in total. The van der Waals surface area contributed by atoms with E-state index in [4.69, 9.17) is 4.74 Å². The summed E-state index contributed by atoms with van der Waals surface area (Å²) in [6.07, 6.45) is 3.70. The second kappa shape index (κ2) is 9.53. The first-order valence-electron chi connectivity index (χ1n) is 9.03. The highest BCUT2D eigenvalue weighted by Crippen LogP contribution is 2.36. The van der Waals surface area contributed by atoms with E-state index in [1.54, 1.807) is 13.2 Å². The Balaban J connectivity index is 2.37. The van der Waals surface area contributed by atoms with Crippen molar-refractivity contribution in [3.63, 3.8) is 0 Å². The van der Waals surface area contributed by atoms with Crippen LogP contribution in [0.1, 0.15) is 54.8 Å². The van der Waals surface area contributed by atoms with E-state index in [0.717, 1.165) is 41.9 Å². The van der Waals surface area contributed by atoms with Gasteiger partial charge in [-0.05, 0) is 54.3 Å². The van der Waals surface area contributed by atoms with Crippen molar-refractivity contribution >= 4 is 23.1 Å². The molecule has 0 radical (unpaired) electrons. The van der Waals surface area contributed by atoms with Gasteiger partial charge in [-0.15, -0.1) is 11.3 Å². The van der Waals surface area contributed by atoms with Gasteiger partial charge in [0.25, 0.3) is 0 Å². The van der Waals surface area contributed by atoms with Gasteiger partial charge in [-0.1, -0.05) is 26.7 Å². The zero-order valence-electron chi connectivity index (χ0n) is 15.6. The van der Waals surface area contributed by atoms with E-state index in [1.807, 2.05) is 31.2 Å². The number of carboxylic acid groups (broad SMARTS) is 1. The molecular weight excluding hydrogens is 348 g/mol. The lowest BCUT2D eigenvalue weighted by atomic mass is 9.93. The molecule has 1 N–H and O–H groups in total. The van der Waals surface area contributed by atoms with E-state index in [-0.39, 0.29) is 18.1 Å². The second-order valence-corrected chi connectivity index (χ2v) is 7.43. The van der Waals surface area contributed by atoms with Crippen molar-refractivity contribution in [1.29, 1.82) is 0 Å². The number of Topliss-reactive ketones (excluding diaryl/α,β-unsaturated/α-hetero) is 1. The molecule has 0 aliphatic heterocycles. The largest absolute Gasteiger partial charge is 0.497 e. The van der Waals surface area contributed by atoms with Gasteiger partial charge in [-0.25, -0.2) is 0 Å². The number of methoxy groups -OCH3 is 1. The van der Waals surface area contributed by atoms with Crippen molar-refractivity contribution in [2.45, 2.75) is 46.0 Å². The predicted octanol–water partition coefficient (Wildman–Crippen LogP) is 5.45. The van der Waals surface area contributed by atoms with Crippen molar-refractivity contribution in [2.75, 3.05) is 7.11 Å². The highest BCUT2D eigenvalue weighted by molar-refractivity contribution is 7.17. The zero-order chi connectivity index (χ0) is 19.1. The minimum Gasteiger partial charge on any atom is -0.497 e. The molecule has 1 aromatic heterocycles. The Morgan fingerprint density at radius 1 is 1.19 bits per heavy atom. The van der Waals surface area contributed by atoms with Crippen LogP contribution in [0.3, 0.4) is 0 Å². The Labute approximate surface area is 158 Å². The molecule has 26 heavy (non-hydrogen) atoms. The molecule has 0 saturated carbocycles. The fraction of sp³-hybridized carbons (Fsp3) is 0.429. The molecule has 0 bridgehead atoms. The summed E-state index contributed by atoms with van der Waals surface area (Å²) in [5, 5.41) is 9.24. The Morgan fingerprint density at radius 3 is 2.42 bits per heavy atom. The summed E-state index contributed by atoms with van der Waals surface area (Å²) in [7, 11) is 1.61. The summed E-state index contributed by atoms with van der Waals surface area (Å²) in [5.74, 6) is -0.00562. The van der Waals surface area contributed by atoms with E-state index in [1.165, 1.54) is 11.3 Å². The van der Waals surface area contributed by atoms with Crippen LogP contribution in [-0.2, 0) is 11.2 Å². The lowest BCUT2D eigenvalue weighted by Crippen LogP contribution is -2.12. The maximum Gasteiger partial charge on any atom is 0.307 e. The highest BCUT2D eigenvalue weighted by Gasteiger charge is 2.23. The Bertz CT molecular complexity index is 746. The maximum absolute atomic E-state index is 12.9. The van der Waals surface area contributed by atoms with E-state index in [2.05, 4.69) is 6.92 Å². The van der Waals surface area contributed by atoms with Crippen LogP contribution in [0, 0.1) is 5.92 Å². The summed E-state index contributed by atoms with van der Waals surface area (Å²) >= 11 is 1.40. The van der Waals surface area contributed by atoms with Gasteiger partial charge >= 0.3 is 5.97 Å².